The number of nitrogens with one attached hydrogen (secondary N) is 2. The Kier molecular flexibility index (Phi) is 6.52. The molecule has 0 unspecified atom stereocenters. The first kappa shape index (κ1) is 16.0. The van der Waals surface area contributed by atoms with Crippen molar-refractivity contribution in [3.63, 3.8) is 0 Å². The van der Waals surface area contributed by atoms with E-state index in [4.69, 9.17) is 5.11 Å². The van der Waals surface area contributed by atoms with Crippen molar-refractivity contribution in [2.24, 2.45) is 0 Å². The zero-order valence-corrected chi connectivity index (χ0v) is 11.8. The first-order valence-corrected chi connectivity index (χ1v) is 6.55. The van der Waals surface area contributed by atoms with Gasteiger partial charge in [-0.1, -0.05) is 19.1 Å². The molecule has 6 nitrogen and oxygen atoms in total. The maximum absolute atomic E-state index is 11.5. The largest absolute Gasteiger partial charge is 0.478 e. The monoisotopic (exact) mass is 279 g/mol. The highest BCUT2D eigenvalue weighted by molar-refractivity contribution is 5.87. The zero-order chi connectivity index (χ0) is 15.0. The molecule has 1 aromatic carbocycles. The van der Waals surface area contributed by atoms with Crippen LogP contribution in [0.1, 0.15) is 22.8 Å². The predicted molar refractivity (Wildman–Crippen MR) is 76.8 cm³/mol. The van der Waals surface area contributed by atoms with E-state index >= 15 is 0 Å². The smallest absolute Gasteiger partial charge is 0.335 e. The second-order valence-electron chi connectivity index (χ2n) is 4.51. The number of amides is 2. The summed E-state index contributed by atoms with van der Waals surface area (Å²) in [4.78, 5) is 24.3. The topological polar surface area (TPSA) is 81.7 Å². The van der Waals surface area contributed by atoms with E-state index in [1.54, 1.807) is 12.1 Å². The lowest BCUT2D eigenvalue weighted by Crippen LogP contribution is -2.39. The molecule has 1 rings (SSSR count). The Bertz CT molecular complexity index is 445. The number of carbonyl (C=O) groups excluding carboxylic acids is 1. The van der Waals surface area contributed by atoms with Crippen LogP contribution < -0.4 is 10.6 Å². The van der Waals surface area contributed by atoms with Crippen molar-refractivity contribution in [3.8, 4) is 0 Å². The number of benzene rings is 1. The molecule has 0 aromatic heterocycles. The number of hydrogen-bond acceptors (Lipinski definition) is 3. The third-order valence-corrected chi connectivity index (χ3v) is 2.97. The molecule has 2 amide bonds. The van der Waals surface area contributed by atoms with E-state index in [1.165, 1.54) is 12.1 Å². The zero-order valence-electron chi connectivity index (χ0n) is 11.8. The molecule has 0 saturated carbocycles. The summed E-state index contributed by atoms with van der Waals surface area (Å²) in [5, 5.41) is 14.3. The van der Waals surface area contributed by atoms with Crippen molar-refractivity contribution in [2.75, 3.05) is 26.7 Å². The molecule has 110 valence electrons. The number of likely N-dealkylation sites (N-methyl/N-ethyl adjacent to an activating group) is 1. The minimum atomic E-state index is -0.956. The van der Waals surface area contributed by atoms with Gasteiger partial charge in [-0.05, 0) is 31.3 Å². The van der Waals surface area contributed by atoms with Crippen LogP contribution in [0.15, 0.2) is 24.3 Å². The fraction of sp³-hybridized carbons (Fsp3) is 0.429. The SMILES string of the molecule is CCN(C)CCNC(=O)NCc1ccc(C(=O)O)cc1. The third-order valence-electron chi connectivity index (χ3n) is 2.97. The second kappa shape index (κ2) is 8.16. The van der Waals surface area contributed by atoms with Gasteiger partial charge in [-0.25, -0.2) is 9.59 Å². The van der Waals surface area contributed by atoms with Crippen LogP contribution in [0.5, 0.6) is 0 Å². The molecule has 0 heterocycles. The summed E-state index contributed by atoms with van der Waals surface area (Å²) < 4.78 is 0. The van der Waals surface area contributed by atoms with Gasteiger partial charge in [0.15, 0.2) is 0 Å². The van der Waals surface area contributed by atoms with Gasteiger partial charge in [0.05, 0.1) is 5.56 Å². The number of urea groups is 1. The Morgan fingerprint density at radius 1 is 1.20 bits per heavy atom. The van der Waals surface area contributed by atoms with Crippen molar-refractivity contribution >= 4 is 12.0 Å². The van der Waals surface area contributed by atoms with Crippen LogP contribution in [0.2, 0.25) is 0 Å². The van der Waals surface area contributed by atoms with Gasteiger partial charge in [0.25, 0.3) is 0 Å². The van der Waals surface area contributed by atoms with Crippen LogP contribution >= 0.6 is 0 Å². The molecule has 3 N–H and O–H groups in total. The molecule has 0 spiro atoms. The van der Waals surface area contributed by atoms with Gasteiger partial charge in [0.1, 0.15) is 0 Å². The summed E-state index contributed by atoms with van der Waals surface area (Å²) in [7, 11) is 1.99. The average molecular weight is 279 g/mol. The van der Waals surface area contributed by atoms with Crippen LogP contribution in [-0.4, -0.2) is 48.7 Å². The lowest BCUT2D eigenvalue weighted by atomic mass is 10.1. The summed E-state index contributed by atoms with van der Waals surface area (Å²) in [5.41, 5.74) is 1.09. The van der Waals surface area contributed by atoms with Crippen molar-refractivity contribution < 1.29 is 14.7 Å². The van der Waals surface area contributed by atoms with E-state index < -0.39 is 5.97 Å². The van der Waals surface area contributed by atoms with E-state index in [-0.39, 0.29) is 11.6 Å². The van der Waals surface area contributed by atoms with E-state index in [0.717, 1.165) is 18.7 Å². The molecular formula is C14H21N3O3. The van der Waals surface area contributed by atoms with Gasteiger partial charge >= 0.3 is 12.0 Å². The standard InChI is InChI=1S/C14H21N3O3/c1-3-17(2)9-8-15-14(20)16-10-11-4-6-12(7-5-11)13(18)19/h4-7H,3,8-10H2,1-2H3,(H,18,19)(H2,15,16,20). The molecule has 20 heavy (non-hydrogen) atoms. The second-order valence-corrected chi connectivity index (χ2v) is 4.51. The average Bonchev–Trinajstić information content (AvgIpc) is 2.45. The normalized spacial score (nSPS) is 10.3. The molecule has 0 bridgehead atoms. The Morgan fingerprint density at radius 3 is 2.40 bits per heavy atom. The Labute approximate surface area is 118 Å². The van der Waals surface area contributed by atoms with Crippen LogP contribution in [-0.2, 0) is 6.54 Å². The lowest BCUT2D eigenvalue weighted by Gasteiger charge is -2.14. The summed E-state index contributed by atoms with van der Waals surface area (Å²) in [6.07, 6.45) is 0. The quantitative estimate of drug-likeness (QED) is 0.699. The fourth-order valence-corrected chi connectivity index (χ4v) is 1.53. The molecule has 1 aromatic rings. The Hall–Kier alpha value is -2.08. The summed E-state index contributed by atoms with van der Waals surface area (Å²) in [5.74, 6) is -0.956. The number of carboxylic acids is 1. The van der Waals surface area contributed by atoms with E-state index in [9.17, 15) is 9.59 Å². The molecule has 0 radical (unpaired) electrons. The van der Waals surface area contributed by atoms with Crippen LogP contribution in [0, 0.1) is 0 Å². The Morgan fingerprint density at radius 2 is 1.85 bits per heavy atom. The van der Waals surface area contributed by atoms with Gasteiger partial charge < -0.3 is 20.6 Å². The van der Waals surface area contributed by atoms with Crippen LogP contribution in [0.4, 0.5) is 4.79 Å². The van der Waals surface area contributed by atoms with Gasteiger partial charge in [-0.2, -0.15) is 0 Å². The molecule has 0 aliphatic heterocycles. The molecular weight excluding hydrogens is 258 g/mol. The number of carbonyl (C=O) groups is 2. The number of rotatable bonds is 7. The first-order valence-electron chi connectivity index (χ1n) is 6.55. The van der Waals surface area contributed by atoms with Crippen LogP contribution in [0.25, 0.3) is 0 Å². The molecule has 0 aliphatic carbocycles. The van der Waals surface area contributed by atoms with Crippen LogP contribution in [0.3, 0.4) is 0 Å². The summed E-state index contributed by atoms with van der Waals surface area (Å²) in [6, 6.07) is 6.20. The molecule has 0 aliphatic rings. The molecule has 0 atom stereocenters. The maximum Gasteiger partial charge on any atom is 0.335 e. The number of nitrogens with zero attached hydrogens (tertiary/aromatic N) is 1. The minimum Gasteiger partial charge on any atom is -0.478 e. The molecule has 0 saturated heterocycles. The van der Waals surface area contributed by atoms with Crippen molar-refractivity contribution in [1.29, 1.82) is 0 Å². The maximum atomic E-state index is 11.5. The number of hydrogen-bond donors (Lipinski definition) is 3. The van der Waals surface area contributed by atoms with Crippen molar-refractivity contribution in [3.05, 3.63) is 35.4 Å². The van der Waals surface area contributed by atoms with Gasteiger partial charge in [0.2, 0.25) is 0 Å². The highest BCUT2D eigenvalue weighted by Gasteiger charge is 2.03. The molecule has 6 heteroatoms. The third kappa shape index (κ3) is 5.71. The predicted octanol–water partition coefficient (Wildman–Crippen LogP) is 1.14. The van der Waals surface area contributed by atoms with Gasteiger partial charge in [-0.15, -0.1) is 0 Å². The Balaban J connectivity index is 2.28. The number of carboxylic acid groups (broad SMARTS) is 1. The highest BCUT2D eigenvalue weighted by atomic mass is 16.4. The van der Waals surface area contributed by atoms with E-state index in [2.05, 4.69) is 22.5 Å². The van der Waals surface area contributed by atoms with Gasteiger partial charge in [0, 0.05) is 19.6 Å². The highest BCUT2D eigenvalue weighted by Crippen LogP contribution is 2.03. The fourth-order valence-electron chi connectivity index (χ4n) is 1.53. The first-order chi connectivity index (χ1) is 9.52. The van der Waals surface area contributed by atoms with Crippen molar-refractivity contribution in [1.82, 2.24) is 15.5 Å². The van der Waals surface area contributed by atoms with E-state index in [1.807, 2.05) is 7.05 Å². The van der Waals surface area contributed by atoms with Crippen molar-refractivity contribution in [2.45, 2.75) is 13.5 Å². The van der Waals surface area contributed by atoms with Gasteiger partial charge in [-0.3, -0.25) is 0 Å². The minimum absolute atomic E-state index is 0.225. The summed E-state index contributed by atoms with van der Waals surface area (Å²) >= 11 is 0. The lowest BCUT2D eigenvalue weighted by molar-refractivity contribution is 0.0697. The molecule has 0 fully saturated rings. The van der Waals surface area contributed by atoms with E-state index in [0.29, 0.717) is 13.1 Å². The summed E-state index contributed by atoms with van der Waals surface area (Å²) in [6.45, 7) is 4.76. The number of aromatic carboxylic acids is 1.